The van der Waals surface area contributed by atoms with E-state index in [-0.39, 0.29) is 0 Å². The molecule has 0 aromatic rings. The van der Waals surface area contributed by atoms with Crippen molar-refractivity contribution in [2.75, 3.05) is 0 Å². The van der Waals surface area contributed by atoms with Crippen molar-refractivity contribution in [1.82, 2.24) is 0 Å². The average Bonchev–Trinajstić information content (AvgIpc) is 1.46. The number of rotatable bonds is 0. The molecule has 0 aromatic carbocycles. The maximum absolute atomic E-state index is 8.40. The molecule has 0 aliphatic rings. The fourth-order valence-electron chi connectivity index (χ4n) is 0. The Morgan fingerprint density at radius 2 is 1.20 bits per heavy atom. The van der Waals surface area contributed by atoms with E-state index in [4.69, 9.17) is 12.5 Å². The van der Waals surface area contributed by atoms with Crippen molar-refractivity contribution in [2.24, 2.45) is 0 Å². The van der Waals surface area contributed by atoms with E-state index in [9.17, 15) is 0 Å². The van der Waals surface area contributed by atoms with Gasteiger partial charge in [0, 0.05) is 0 Å². The van der Waals surface area contributed by atoms with Gasteiger partial charge in [0.1, 0.15) is 0 Å². The quantitative estimate of drug-likeness (QED) is 0.588. The Balaban J connectivity index is 0. The molecule has 3 nitrogen and oxygen atoms in total. The SMILES string of the molecule is O=[PH]=O.[O]=[W]. The molecule has 5 heteroatoms. The molecule has 30 valence electrons. The van der Waals surface area contributed by atoms with Gasteiger partial charge in [-0.25, -0.2) is 9.13 Å². The summed E-state index contributed by atoms with van der Waals surface area (Å²) in [5.41, 5.74) is 0. The molecule has 0 fully saturated rings. The van der Waals surface area contributed by atoms with E-state index in [1.54, 1.807) is 0 Å². The Hall–Kier alpha value is 0.388. The van der Waals surface area contributed by atoms with Gasteiger partial charge >= 0.3 is 31.5 Å². The van der Waals surface area contributed by atoms with Crippen LogP contribution < -0.4 is 0 Å². The Labute approximate surface area is 41.2 Å². The average molecular weight is 264 g/mol. The normalized spacial score (nSPS) is 3.20. The zero-order valence-electron chi connectivity index (χ0n) is 2.13. The molecule has 0 unspecified atom stereocenters. The predicted octanol–water partition coefficient (Wildman–Crippen LogP) is 0.235. The molecule has 5 heavy (non-hydrogen) atoms. The van der Waals surface area contributed by atoms with Gasteiger partial charge in [-0.1, -0.05) is 0 Å². The molecule has 0 radical (unpaired) electrons. The molecule has 0 N–H and O–H groups in total. The fourth-order valence-corrected chi connectivity index (χ4v) is 0. The minimum absolute atomic E-state index is 0.333. The van der Waals surface area contributed by atoms with Gasteiger partial charge in [-0.3, -0.25) is 0 Å². The second-order valence-corrected chi connectivity index (χ2v) is 0.250. The van der Waals surface area contributed by atoms with E-state index in [1.807, 2.05) is 0 Å². The first kappa shape index (κ1) is 9.04. The van der Waals surface area contributed by atoms with Crippen LogP contribution in [-0.4, -0.2) is 0 Å². The van der Waals surface area contributed by atoms with E-state index in [0.717, 1.165) is 0 Å². The van der Waals surface area contributed by atoms with Crippen LogP contribution in [0, 0.1) is 0 Å². The second-order valence-electron chi connectivity index (χ2n) is 0.0833. The summed E-state index contributed by atoms with van der Waals surface area (Å²) in [5.74, 6) is 0. The van der Waals surface area contributed by atoms with Crippen molar-refractivity contribution in [3.8, 4) is 0 Å². The van der Waals surface area contributed by atoms with Crippen LogP contribution in [0.3, 0.4) is 0 Å². The third-order valence-corrected chi connectivity index (χ3v) is 0. The van der Waals surface area contributed by atoms with E-state index in [0.29, 0.717) is 19.8 Å². The Morgan fingerprint density at radius 3 is 1.20 bits per heavy atom. The Bertz CT molecular complexity index is 36.2. The van der Waals surface area contributed by atoms with Crippen LogP contribution in [0.4, 0.5) is 0 Å². The number of hydrogen-bond donors (Lipinski definition) is 0. The summed E-state index contributed by atoms with van der Waals surface area (Å²) >= 11 is 0.333. The molecule has 0 spiro atoms. The third-order valence-electron chi connectivity index (χ3n) is 0. The predicted molar refractivity (Wildman–Crippen MR) is 10.4 cm³/mol. The first-order valence-corrected chi connectivity index (χ1v) is 2.59. The first-order chi connectivity index (χ1) is 2.41. The Kier molecular flexibility index (Phi) is 47.2. The summed E-state index contributed by atoms with van der Waals surface area (Å²) < 4.78 is 25.1. The van der Waals surface area contributed by atoms with E-state index < -0.39 is 8.34 Å². The van der Waals surface area contributed by atoms with Gasteiger partial charge in [0.2, 0.25) is 0 Å². The summed E-state index contributed by atoms with van der Waals surface area (Å²) in [6, 6.07) is 0. The van der Waals surface area contributed by atoms with Crippen LogP contribution in [0.1, 0.15) is 0 Å². The molecule has 0 bridgehead atoms. The fraction of sp³-hybridized carbons (Fsp3) is 0. The zero-order chi connectivity index (χ0) is 4.71. The molecule has 0 saturated heterocycles. The van der Waals surface area contributed by atoms with Crippen LogP contribution in [0.5, 0.6) is 0 Å². The van der Waals surface area contributed by atoms with Gasteiger partial charge in [-0.15, -0.1) is 0 Å². The van der Waals surface area contributed by atoms with Crippen molar-refractivity contribution >= 4 is 8.34 Å². The first-order valence-electron chi connectivity index (χ1n) is 0.575. The summed E-state index contributed by atoms with van der Waals surface area (Å²) in [7, 11) is -1.42. The van der Waals surface area contributed by atoms with E-state index in [1.165, 1.54) is 0 Å². The number of hydrogen-bond acceptors (Lipinski definition) is 3. The summed E-state index contributed by atoms with van der Waals surface area (Å²) in [6.07, 6.45) is 0. The van der Waals surface area contributed by atoms with Crippen molar-refractivity contribution in [3.05, 3.63) is 0 Å². The van der Waals surface area contributed by atoms with Gasteiger partial charge in [0.15, 0.2) is 0 Å². The maximum atomic E-state index is 8.40. The minimum atomic E-state index is -1.42. The van der Waals surface area contributed by atoms with Crippen LogP contribution in [-0.2, 0) is 32.3 Å². The van der Waals surface area contributed by atoms with Gasteiger partial charge in [-0.05, 0) is 0 Å². The van der Waals surface area contributed by atoms with Gasteiger partial charge in [0.25, 0.3) is 0 Å². The summed E-state index contributed by atoms with van der Waals surface area (Å²) in [5, 5.41) is 0. The Morgan fingerprint density at radius 1 is 1.20 bits per heavy atom. The second kappa shape index (κ2) is 26.1. The topological polar surface area (TPSA) is 51.2 Å². The van der Waals surface area contributed by atoms with Gasteiger partial charge in [-0.2, -0.15) is 0 Å². The van der Waals surface area contributed by atoms with Crippen LogP contribution in [0.2, 0.25) is 0 Å². The monoisotopic (exact) mass is 264 g/mol. The summed E-state index contributed by atoms with van der Waals surface area (Å²) in [4.78, 5) is 0. The van der Waals surface area contributed by atoms with Crippen molar-refractivity contribution in [1.29, 1.82) is 0 Å². The van der Waals surface area contributed by atoms with Gasteiger partial charge in [0.05, 0.1) is 0 Å². The molecule has 0 heterocycles. The van der Waals surface area contributed by atoms with E-state index >= 15 is 0 Å². The summed E-state index contributed by atoms with van der Waals surface area (Å²) in [6.45, 7) is 0. The van der Waals surface area contributed by atoms with Crippen molar-refractivity contribution in [3.63, 3.8) is 0 Å². The van der Waals surface area contributed by atoms with Crippen LogP contribution in [0.25, 0.3) is 0 Å². The molecule has 0 aliphatic carbocycles. The zero-order valence-corrected chi connectivity index (χ0v) is 6.07. The van der Waals surface area contributed by atoms with Crippen LogP contribution in [0.15, 0.2) is 0 Å². The van der Waals surface area contributed by atoms with Crippen LogP contribution >= 0.6 is 8.34 Å². The molecule has 0 saturated carbocycles. The molecule has 0 amide bonds. The molecule has 0 aromatic heterocycles. The standard InChI is InChI=1S/HO2P.O.W/c1-3-2;;/h3H;;. The van der Waals surface area contributed by atoms with Crippen molar-refractivity contribution < 1.29 is 32.3 Å². The molecule has 0 aliphatic heterocycles. The molecular weight excluding hydrogens is 263 g/mol. The molecular formula is HO3PW. The van der Waals surface area contributed by atoms with E-state index in [2.05, 4.69) is 0 Å². The molecule has 0 rings (SSSR count). The molecule has 0 atom stereocenters. The third kappa shape index (κ3) is 166. The van der Waals surface area contributed by atoms with Gasteiger partial charge < -0.3 is 0 Å². The van der Waals surface area contributed by atoms with Crippen molar-refractivity contribution in [2.45, 2.75) is 0 Å².